The van der Waals surface area contributed by atoms with Gasteiger partial charge in [-0.05, 0) is 43.4 Å². The second-order valence-corrected chi connectivity index (χ2v) is 5.54. The molecule has 0 heterocycles. The Hall–Kier alpha value is -1.06. The summed E-state index contributed by atoms with van der Waals surface area (Å²) in [5.74, 6) is 1.03. The molecule has 1 fully saturated rings. The number of phenolic OH excluding ortho intramolecular Hbond substituents is 1. The molecule has 3 heteroatoms. The number of hydrogen-bond donors (Lipinski definition) is 2. The van der Waals surface area contributed by atoms with Crippen LogP contribution < -0.4 is 5.32 Å². The highest BCUT2D eigenvalue weighted by molar-refractivity contribution is 5.29. The van der Waals surface area contributed by atoms with E-state index in [9.17, 15) is 5.11 Å². The quantitative estimate of drug-likeness (QED) is 0.828. The Morgan fingerprint density at radius 2 is 2.11 bits per heavy atom. The van der Waals surface area contributed by atoms with Gasteiger partial charge >= 0.3 is 0 Å². The van der Waals surface area contributed by atoms with E-state index in [1.807, 2.05) is 25.3 Å². The standard InChI is InChI=1S/C16H25NO2/c1-12(14-8-5-9-15(18)10-14)17-11-16(19-2)13-6-3-4-7-13/h5,8-10,12-13,16-18H,3-4,6-7,11H2,1-2H3. The SMILES string of the molecule is COC(CNC(C)c1cccc(O)c1)C1CCCC1. The minimum absolute atomic E-state index is 0.228. The van der Waals surface area contributed by atoms with Crippen molar-refractivity contribution in [2.24, 2.45) is 5.92 Å². The molecule has 0 aliphatic heterocycles. The lowest BCUT2D eigenvalue weighted by atomic mass is 10.00. The zero-order valence-corrected chi connectivity index (χ0v) is 11.9. The fourth-order valence-corrected chi connectivity index (χ4v) is 2.98. The van der Waals surface area contributed by atoms with Gasteiger partial charge in [-0.1, -0.05) is 25.0 Å². The molecule has 2 atom stereocenters. The molecular weight excluding hydrogens is 238 g/mol. The molecule has 106 valence electrons. The Labute approximate surface area is 116 Å². The normalized spacial score (nSPS) is 19.5. The lowest BCUT2D eigenvalue weighted by molar-refractivity contribution is 0.0524. The summed E-state index contributed by atoms with van der Waals surface area (Å²) in [5.41, 5.74) is 1.11. The van der Waals surface area contributed by atoms with E-state index in [-0.39, 0.29) is 6.04 Å². The Morgan fingerprint density at radius 1 is 1.37 bits per heavy atom. The number of methoxy groups -OCH3 is 1. The van der Waals surface area contributed by atoms with Crippen molar-refractivity contribution in [2.45, 2.75) is 44.8 Å². The number of rotatable bonds is 6. The summed E-state index contributed by atoms with van der Waals surface area (Å²) in [6, 6.07) is 7.66. The third kappa shape index (κ3) is 3.95. The van der Waals surface area contributed by atoms with Crippen molar-refractivity contribution in [1.82, 2.24) is 5.32 Å². The second kappa shape index (κ2) is 6.92. The van der Waals surface area contributed by atoms with Crippen LogP contribution in [0.1, 0.15) is 44.2 Å². The van der Waals surface area contributed by atoms with Crippen molar-refractivity contribution in [2.75, 3.05) is 13.7 Å². The van der Waals surface area contributed by atoms with Crippen LogP contribution in [0.2, 0.25) is 0 Å². The summed E-state index contributed by atoms with van der Waals surface area (Å²) in [6.45, 7) is 2.99. The first-order valence-electron chi connectivity index (χ1n) is 7.26. The Morgan fingerprint density at radius 3 is 2.74 bits per heavy atom. The minimum atomic E-state index is 0.228. The number of hydrogen-bond acceptors (Lipinski definition) is 3. The maximum Gasteiger partial charge on any atom is 0.115 e. The van der Waals surface area contributed by atoms with Gasteiger partial charge in [-0.25, -0.2) is 0 Å². The van der Waals surface area contributed by atoms with E-state index in [1.54, 1.807) is 6.07 Å². The van der Waals surface area contributed by atoms with Crippen molar-refractivity contribution in [3.05, 3.63) is 29.8 Å². The van der Waals surface area contributed by atoms with Gasteiger partial charge in [-0.2, -0.15) is 0 Å². The Kier molecular flexibility index (Phi) is 5.23. The Bertz CT molecular complexity index is 388. The van der Waals surface area contributed by atoms with E-state index in [1.165, 1.54) is 25.7 Å². The maximum absolute atomic E-state index is 9.51. The van der Waals surface area contributed by atoms with E-state index in [0.717, 1.165) is 12.1 Å². The van der Waals surface area contributed by atoms with Crippen molar-refractivity contribution in [1.29, 1.82) is 0 Å². The number of aromatic hydroxyl groups is 1. The predicted octanol–water partition coefficient (Wildman–Crippen LogP) is 3.25. The molecule has 0 bridgehead atoms. The zero-order chi connectivity index (χ0) is 13.7. The highest BCUT2D eigenvalue weighted by Crippen LogP contribution is 2.29. The summed E-state index contributed by atoms with van der Waals surface area (Å²) in [7, 11) is 1.81. The molecule has 19 heavy (non-hydrogen) atoms. The fourth-order valence-electron chi connectivity index (χ4n) is 2.98. The molecule has 0 spiro atoms. The molecule has 1 aliphatic rings. The molecular formula is C16H25NO2. The summed E-state index contributed by atoms with van der Waals surface area (Å²) >= 11 is 0. The van der Waals surface area contributed by atoms with Crippen LogP contribution in [0.25, 0.3) is 0 Å². The third-order valence-corrected chi connectivity index (χ3v) is 4.22. The van der Waals surface area contributed by atoms with Gasteiger partial charge in [0.15, 0.2) is 0 Å². The molecule has 1 aromatic rings. The molecule has 1 aromatic carbocycles. The zero-order valence-electron chi connectivity index (χ0n) is 11.9. The lowest BCUT2D eigenvalue weighted by Gasteiger charge is -2.24. The first-order valence-corrected chi connectivity index (χ1v) is 7.26. The number of phenols is 1. The van der Waals surface area contributed by atoms with Gasteiger partial charge in [0, 0.05) is 19.7 Å². The first-order chi connectivity index (χ1) is 9.20. The van der Waals surface area contributed by atoms with Crippen molar-refractivity contribution in [3.63, 3.8) is 0 Å². The number of ether oxygens (including phenoxy) is 1. The smallest absolute Gasteiger partial charge is 0.115 e. The molecule has 1 saturated carbocycles. The monoisotopic (exact) mass is 263 g/mol. The van der Waals surface area contributed by atoms with Crippen LogP contribution >= 0.6 is 0 Å². The van der Waals surface area contributed by atoms with Crippen LogP contribution in [0.3, 0.4) is 0 Å². The van der Waals surface area contributed by atoms with Crippen molar-refractivity contribution in [3.8, 4) is 5.75 Å². The van der Waals surface area contributed by atoms with Crippen LogP contribution in [0.4, 0.5) is 0 Å². The average Bonchev–Trinajstić information content (AvgIpc) is 2.93. The van der Waals surface area contributed by atoms with Crippen LogP contribution in [-0.4, -0.2) is 24.9 Å². The van der Waals surface area contributed by atoms with E-state index >= 15 is 0 Å². The summed E-state index contributed by atoms with van der Waals surface area (Å²) in [5, 5.41) is 13.0. The van der Waals surface area contributed by atoms with Crippen LogP contribution in [0.15, 0.2) is 24.3 Å². The molecule has 0 aromatic heterocycles. The average molecular weight is 263 g/mol. The first kappa shape index (κ1) is 14.4. The molecule has 1 aliphatic carbocycles. The van der Waals surface area contributed by atoms with Gasteiger partial charge in [0.25, 0.3) is 0 Å². The summed E-state index contributed by atoms with van der Waals surface area (Å²) < 4.78 is 5.63. The minimum Gasteiger partial charge on any atom is -0.508 e. The highest BCUT2D eigenvalue weighted by atomic mass is 16.5. The van der Waals surface area contributed by atoms with E-state index in [0.29, 0.717) is 17.8 Å². The van der Waals surface area contributed by atoms with E-state index in [4.69, 9.17) is 4.74 Å². The van der Waals surface area contributed by atoms with Gasteiger partial charge in [-0.3, -0.25) is 0 Å². The van der Waals surface area contributed by atoms with E-state index < -0.39 is 0 Å². The van der Waals surface area contributed by atoms with Gasteiger partial charge in [-0.15, -0.1) is 0 Å². The molecule has 0 radical (unpaired) electrons. The molecule has 3 nitrogen and oxygen atoms in total. The largest absolute Gasteiger partial charge is 0.508 e. The molecule has 0 saturated heterocycles. The number of benzene rings is 1. The maximum atomic E-state index is 9.51. The fraction of sp³-hybridized carbons (Fsp3) is 0.625. The van der Waals surface area contributed by atoms with Gasteiger partial charge in [0.1, 0.15) is 5.75 Å². The number of nitrogens with one attached hydrogen (secondary N) is 1. The van der Waals surface area contributed by atoms with Gasteiger partial charge < -0.3 is 15.2 Å². The van der Waals surface area contributed by atoms with Crippen LogP contribution in [0.5, 0.6) is 5.75 Å². The van der Waals surface area contributed by atoms with Crippen molar-refractivity contribution < 1.29 is 9.84 Å². The van der Waals surface area contributed by atoms with Gasteiger partial charge in [0.05, 0.1) is 6.10 Å². The lowest BCUT2D eigenvalue weighted by Crippen LogP contribution is -2.34. The molecule has 0 amide bonds. The van der Waals surface area contributed by atoms with Crippen molar-refractivity contribution >= 4 is 0 Å². The molecule has 2 unspecified atom stereocenters. The van der Waals surface area contributed by atoms with Crippen LogP contribution in [-0.2, 0) is 4.74 Å². The highest BCUT2D eigenvalue weighted by Gasteiger charge is 2.25. The van der Waals surface area contributed by atoms with E-state index in [2.05, 4.69) is 12.2 Å². The molecule has 2 N–H and O–H groups in total. The predicted molar refractivity (Wildman–Crippen MR) is 77.3 cm³/mol. The summed E-state index contributed by atoms with van der Waals surface area (Å²) in [6.07, 6.45) is 5.57. The topological polar surface area (TPSA) is 41.5 Å². The second-order valence-electron chi connectivity index (χ2n) is 5.54. The third-order valence-electron chi connectivity index (χ3n) is 4.22. The van der Waals surface area contributed by atoms with Crippen LogP contribution in [0, 0.1) is 5.92 Å². The van der Waals surface area contributed by atoms with Gasteiger partial charge in [0.2, 0.25) is 0 Å². The molecule has 2 rings (SSSR count). The Balaban J connectivity index is 1.86. The summed E-state index contributed by atoms with van der Waals surface area (Å²) in [4.78, 5) is 0.